The van der Waals surface area contributed by atoms with Crippen molar-refractivity contribution in [1.29, 1.82) is 0 Å². The fraction of sp³-hybridized carbons (Fsp3) is 0.385. The highest BCUT2D eigenvalue weighted by Gasteiger charge is 2.08. The van der Waals surface area contributed by atoms with Gasteiger partial charge in [0.25, 0.3) is 0 Å². The third kappa shape index (κ3) is 2.85. The molecule has 1 amide bonds. The van der Waals surface area contributed by atoms with Gasteiger partial charge in [0, 0.05) is 13.6 Å². The smallest absolute Gasteiger partial charge is 0.408 e. The van der Waals surface area contributed by atoms with E-state index in [0.29, 0.717) is 18.5 Å². The molecular weight excluding hydrogens is 246 g/mol. The molecule has 0 spiro atoms. The van der Waals surface area contributed by atoms with Gasteiger partial charge in [-0.15, -0.1) is 0 Å². The molecule has 2 aromatic rings. The van der Waals surface area contributed by atoms with Gasteiger partial charge in [-0.1, -0.05) is 6.07 Å². The number of nitrogens with two attached hydrogens (primary N) is 1. The summed E-state index contributed by atoms with van der Waals surface area (Å²) >= 11 is 0. The van der Waals surface area contributed by atoms with Crippen LogP contribution in [0.4, 0.5) is 0 Å². The summed E-state index contributed by atoms with van der Waals surface area (Å²) in [5, 5.41) is 2.73. The maximum Gasteiger partial charge on any atom is 0.419 e. The number of aryl methyl sites for hydroxylation is 1. The van der Waals surface area contributed by atoms with Crippen LogP contribution in [-0.2, 0) is 18.3 Å². The molecule has 0 aliphatic carbocycles. The lowest BCUT2D eigenvalue weighted by Gasteiger charge is -2.07. The zero-order valence-electron chi connectivity index (χ0n) is 11.0. The van der Waals surface area contributed by atoms with Gasteiger partial charge < -0.3 is 15.5 Å². The minimum absolute atomic E-state index is 0.174. The standard InChI is InChI=1S/C13H17N3O3/c1-8(14)12(17)15-6-5-9-3-4-10-11(7-9)19-13(18)16(10)2/h3-4,7-8H,5-6,14H2,1-2H3,(H,15,17). The van der Waals surface area contributed by atoms with E-state index >= 15 is 0 Å². The number of oxazole rings is 1. The van der Waals surface area contributed by atoms with Crippen LogP contribution in [-0.4, -0.2) is 23.1 Å². The Morgan fingerprint density at radius 3 is 2.95 bits per heavy atom. The quantitative estimate of drug-likeness (QED) is 0.820. The summed E-state index contributed by atoms with van der Waals surface area (Å²) in [5.74, 6) is -0.551. The number of amides is 1. The predicted octanol–water partition coefficient (Wildman–Crippen LogP) is 0.137. The lowest BCUT2D eigenvalue weighted by atomic mass is 10.1. The van der Waals surface area contributed by atoms with Crippen molar-refractivity contribution in [3.8, 4) is 0 Å². The Hall–Kier alpha value is -2.08. The Morgan fingerprint density at radius 1 is 1.53 bits per heavy atom. The summed E-state index contributed by atoms with van der Waals surface area (Å²) in [6, 6.07) is 5.06. The van der Waals surface area contributed by atoms with Crippen LogP contribution in [0.15, 0.2) is 27.4 Å². The van der Waals surface area contributed by atoms with Gasteiger partial charge in [-0.2, -0.15) is 0 Å². The molecule has 6 nitrogen and oxygen atoms in total. The third-order valence-corrected chi connectivity index (χ3v) is 2.98. The van der Waals surface area contributed by atoms with E-state index in [0.717, 1.165) is 11.1 Å². The second-order valence-corrected chi connectivity index (χ2v) is 4.56. The molecule has 1 heterocycles. The van der Waals surface area contributed by atoms with Crippen LogP contribution in [0.2, 0.25) is 0 Å². The molecule has 1 unspecified atom stereocenters. The number of carbonyl (C=O) groups excluding carboxylic acids is 1. The van der Waals surface area contributed by atoms with Crippen molar-refractivity contribution in [2.45, 2.75) is 19.4 Å². The predicted molar refractivity (Wildman–Crippen MR) is 71.8 cm³/mol. The molecule has 19 heavy (non-hydrogen) atoms. The van der Waals surface area contributed by atoms with Gasteiger partial charge in [0.1, 0.15) is 0 Å². The van der Waals surface area contributed by atoms with E-state index in [-0.39, 0.29) is 11.7 Å². The largest absolute Gasteiger partial charge is 0.419 e. The van der Waals surface area contributed by atoms with Gasteiger partial charge in [-0.3, -0.25) is 9.36 Å². The molecule has 6 heteroatoms. The van der Waals surface area contributed by atoms with Crippen LogP contribution in [0.25, 0.3) is 11.1 Å². The molecule has 1 aromatic heterocycles. The molecule has 0 saturated heterocycles. The molecule has 1 atom stereocenters. The Morgan fingerprint density at radius 2 is 2.26 bits per heavy atom. The van der Waals surface area contributed by atoms with Crippen molar-refractivity contribution in [3.63, 3.8) is 0 Å². The number of rotatable bonds is 4. The van der Waals surface area contributed by atoms with E-state index in [1.807, 2.05) is 18.2 Å². The van der Waals surface area contributed by atoms with Crippen molar-refractivity contribution in [2.75, 3.05) is 6.54 Å². The lowest BCUT2D eigenvalue weighted by Crippen LogP contribution is -2.39. The summed E-state index contributed by atoms with van der Waals surface area (Å²) in [6.45, 7) is 2.14. The van der Waals surface area contributed by atoms with E-state index in [4.69, 9.17) is 10.2 Å². The molecule has 102 valence electrons. The maximum absolute atomic E-state index is 11.4. The average Bonchev–Trinajstić information content (AvgIpc) is 2.64. The van der Waals surface area contributed by atoms with Gasteiger partial charge in [-0.05, 0) is 31.0 Å². The van der Waals surface area contributed by atoms with Crippen LogP contribution >= 0.6 is 0 Å². The van der Waals surface area contributed by atoms with Crippen LogP contribution in [0, 0.1) is 0 Å². The number of carbonyl (C=O) groups is 1. The first kappa shape index (κ1) is 13.4. The molecular formula is C13H17N3O3. The van der Waals surface area contributed by atoms with Crippen LogP contribution in [0.3, 0.4) is 0 Å². The van der Waals surface area contributed by atoms with Crippen LogP contribution in [0.5, 0.6) is 0 Å². The normalized spacial score (nSPS) is 12.6. The Bertz CT molecular complexity index is 655. The first-order chi connectivity index (χ1) is 8.99. The molecule has 0 radical (unpaired) electrons. The summed E-state index contributed by atoms with van der Waals surface area (Å²) < 4.78 is 6.56. The number of nitrogens with one attached hydrogen (secondary N) is 1. The third-order valence-electron chi connectivity index (χ3n) is 2.98. The highest BCUT2D eigenvalue weighted by molar-refractivity contribution is 5.81. The maximum atomic E-state index is 11.4. The monoisotopic (exact) mass is 263 g/mol. The highest BCUT2D eigenvalue weighted by Crippen LogP contribution is 2.14. The minimum Gasteiger partial charge on any atom is -0.408 e. The number of benzene rings is 1. The Labute approximate surface area is 110 Å². The minimum atomic E-state index is -0.505. The summed E-state index contributed by atoms with van der Waals surface area (Å²) in [7, 11) is 1.66. The van der Waals surface area contributed by atoms with E-state index in [9.17, 15) is 9.59 Å². The molecule has 1 aromatic carbocycles. The van der Waals surface area contributed by atoms with Gasteiger partial charge in [0.15, 0.2) is 5.58 Å². The number of hydrogen-bond acceptors (Lipinski definition) is 4. The van der Waals surface area contributed by atoms with E-state index < -0.39 is 6.04 Å². The SMILES string of the molecule is CC(N)C(=O)NCCc1ccc2c(c1)oc(=O)n2C. The Balaban J connectivity index is 2.06. The first-order valence-electron chi connectivity index (χ1n) is 6.11. The highest BCUT2D eigenvalue weighted by atomic mass is 16.4. The topological polar surface area (TPSA) is 90.3 Å². The van der Waals surface area contributed by atoms with Gasteiger partial charge >= 0.3 is 5.76 Å². The molecule has 3 N–H and O–H groups in total. The van der Waals surface area contributed by atoms with Crippen molar-refractivity contribution in [3.05, 3.63) is 34.3 Å². The fourth-order valence-corrected chi connectivity index (χ4v) is 1.82. The summed E-state index contributed by atoms with van der Waals surface area (Å²) in [5.41, 5.74) is 7.75. The van der Waals surface area contributed by atoms with Gasteiger partial charge in [-0.25, -0.2) is 4.79 Å². The van der Waals surface area contributed by atoms with E-state index in [1.165, 1.54) is 4.57 Å². The molecule has 0 aliphatic rings. The van der Waals surface area contributed by atoms with Crippen LogP contribution < -0.4 is 16.8 Å². The van der Waals surface area contributed by atoms with E-state index in [1.54, 1.807) is 14.0 Å². The lowest BCUT2D eigenvalue weighted by molar-refractivity contribution is -0.121. The molecule has 2 rings (SSSR count). The number of hydrogen-bond donors (Lipinski definition) is 2. The zero-order chi connectivity index (χ0) is 14.0. The zero-order valence-corrected chi connectivity index (χ0v) is 11.0. The second kappa shape index (κ2) is 5.27. The molecule has 0 saturated carbocycles. The number of fused-ring (bicyclic) bond motifs is 1. The van der Waals surface area contributed by atoms with Crippen molar-refractivity contribution < 1.29 is 9.21 Å². The first-order valence-corrected chi connectivity index (χ1v) is 6.11. The van der Waals surface area contributed by atoms with Crippen molar-refractivity contribution >= 4 is 17.0 Å². The second-order valence-electron chi connectivity index (χ2n) is 4.56. The van der Waals surface area contributed by atoms with Gasteiger partial charge in [0.2, 0.25) is 5.91 Å². The van der Waals surface area contributed by atoms with Crippen LogP contribution in [0.1, 0.15) is 12.5 Å². The summed E-state index contributed by atoms with van der Waals surface area (Å²) in [4.78, 5) is 22.6. The fourth-order valence-electron chi connectivity index (χ4n) is 1.82. The molecule has 0 fully saturated rings. The molecule has 0 bridgehead atoms. The molecule has 0 aliphatic heterocycles. The summed E-state index contributed by atoms with van der Waals surface area (Å²) in [6.07, 6.45) is 0.660. The average molecular weight is 263 g/mol. The van der Waals surface area contributed by atoms with Gasteiger partial charge in [0.05, 0.1) is 11.6 Å². The van der Waals surface area contributed by atoms with E-state index in [2.05, 4.69) is 5.32 Å². The number of nitrogens with zero attached hydrogens (tertiary/aromatic N) is 1. The van der Waals surface area contributed by atoms with Crippen molar-refractivity contribution in [1.82, 2.24) is 9.88 Å². The Kier molecular flexibility index (Phi) is 3.71. The number of aromatic nitrogens is 1. The van der Waals surface area contributed by atoms with Crippen molar-refractivity contribution in [2.24, 2.45) is 12.8 Å².